The van der Waals surface area contributed by atoms with E-state index < -0.39 is 0 Å². The first-order chi connectivity index (χ1) is 8.38. The Balaban J connectivity index is 2.30. The van der Waals surface area contributed by atoms with Crippen molar-refractivity contribution in [3.63, 3.8) is 0 Å². The number of rotatable bonds is 1. The minimum atomic E-state index is 1.05. The van der Waals surface area contributed by atoms with E-state index >= 15 is 0 Å². The van der Waals surface area contributed by atoms with Crippen LogP contribution >= 0.6 is 0 Å². The number of hydrogen-bond donors (Lipinski definition) is 1. The van der Waals surface area contributed by atoms with Gasteiger partial charge in [-0.1, -0.05) is 24.3 Å². The largest absolute Gasteiger partial charge is 0.355 e. The quantitative estimate of drug-likeness (QED) is 0.619. The first-order valence-electron chi connectivity index (χ1n) is 5.45. The van der Waals surface area contributed by atoms with E-state index in [9.17, 15) is 0 Å². The number of fused-ring (bicyclic) bond motifs is 3. The third-order valence-corrected chi connectivity index (χ3v) is 2.88. The zero-order valence-electron chi connectivity index (χ0n) is 9.14. The standard InChI is InChI=1S/C15H10N2/c16-9-3-4-11-7-8-15-13(10-11)12-5-1-2-6-14(12)17-15/h1-8,10,17H/b4-3+. The highest BCUT2D eigenvalue weighted by Crippen LogP contribution is 2.26. The molecule has 0 saturated carbocycles. The molecule has 1 N–H and O–H groups in total. The van der Waals surface area contributed by atoms with Crippen LogP contribution in [-0.4, -0.2) is 4.98 Å². The average molecular weight is 218 g/mol. The van der Waals surface area contributed by atoms with Gasteiger partial charge in [-0.25, -0.2) is 0 Å². The Morgan fingerprint density at radius 2 is 1.82 bits per heavy atom. The number of nitrogens with zero attached hydrogens (tertiary/aromatic N) is 1. The van der Waals surface area contributed by atoms with Crippen molar-refractivity contribution in [3.8, 4) is 6.07 Å². The molecule has 0 spiro atoms. The van der Waals surface area contributed by atoms with E-state index in [2.05, 4.69) is 23.2 Å². The molecule has 2 heteroatoms. The van der Waals surface area contributed by atoms with Crippen molar-refractivity contribution in [3.05, 3.63) is 54.1 Å². The van der Waals surface area contributed by atoms with Crippen molar-refractivity contribution in [2.24, 2.45) is 0 Å². The topological polar surface area (TPSA) is 39.6 Å². The van der Waals surface area contributed by atoms with Gasteiger partial charge in [-0.05, 0) is 29.8 Å². The van der Waals surface area contributed by atoms with E-state index in [1.54, 1.807) is 0 Å². The molecule has 80 valence electrons. The second-order valence-corrected chi connectivity index (χ2v) is 3.94. The lowest BCUT2D eigenvalue weighted by Gasteiger charge is -1.94. The Morgan fingerprint density at radius 3 is 2.71 bits per heavy atom. The van der Waals surface area contributed by atoms with Crippen LogP contribution < -0.4 is 0 Å². The SMILES string of the molecule is N#C/C=C/c1ccc2[nH]c3ccccc3c2c1. The van der Waals surface area contributed by atoms with Gasteiger partial charge in [-0.15, -0.1) is 0 Å². The summed E-state index contributed by atoms with van der Waals surface area (Å²) in [5.74, 6) is 0. The van der Waals surface area contributed by atoms with Gasteiger partial charge in [0.15, 0.2) is 0 Å². The molecule has 0 radical (unpaired) electrons. The van der Waals surface area contributed by atoms with Crippen molar-refractivity contribution in [1.29, 1.82) is 5.26 Å². The summed E-state index contributed by atoms with van der Waals surface area (Å²) >= 11 is 0. The zero-order chi connectivity index (χ0) is 11.7. The molecular weight excluding hydrogens is 208 g/mol. The van der Waals surface area contributed by atoms with Crippen molar-refractivity contribution in [1.82, 2.24) is 4.98 Å². The maximum atomic E-state index is 8.53. The Hall–Kier alpha value is -2.53. The van der Waals surface area contributed by atoms with E-state index in [-0.39, 0.29) is 0 Å². The summed E-state index contributed by atoms with van der Waals surface area (Å²) in [5, 5.41) is 10.9. The van der Waals surface area contributed by atoms with E-state index in [0.717, 1.165) is 16.6 Å². The van der Waals surface area contributed by atoms with E-state index in [1.165, 1.54) is 16.8 Å². The average Bonchev–Trinajstić information content (AvgIpc) is 2.74. The molecule has 0 saturated heterocycles. The second-order valence-electron chi connectivity index (χ2n) is 3.94. The van der Waals surface area contributed by atoms with Crippen LogP contribution in [-0.2, 0) is 0 Å². The Bertz CT molecular complexity index is 757. The Kier molecular flexibility index (Phi) is 2.16. The Morgan fingerprint density at radius 1 is 1.00 bits per heavy atom. The lowest BCUT2D eigenvalue weighted by Crippen LogP contribution is -1.72. The summed E-state index contributed by atoms with van der Waals surface area (Å²) in [5.41, 5.74) is 3.31. The van der Waals surface area contributed by atoms with Crippen molar-refractivity contribution < 1.29 is 0 Å². The first-order valence-corrected chi connectivity index (χ1v) is 5.45. The number of nitrogens with one attached hydrogen (secondary N) is 1. The Labute approximate surface area is 98.8 Å². The molecule has 0 atom stereocenters. The van der Waals surface area contributed by atoms with Crippen LogP contribution in [0.4, 0.5) is 0 Å². The number of allylic oxidation sites excluding steroid dienone is 1. The van der Waals surface area contributed by atoms with Crippen molar-refractivity contribution in [2.45, 2.75) is 0 Å². The van der Waals surface area contributed by atoms with Crippen LogP contribution in [0.15, 0.2) is 48.5 Å². The molecule has 2 nitrogen and oxygen atoms in total. The summed E-state index contributed by atoms with van der Waals surface area (Å²) in [7, 11) is 0. The molecule has 17 heavy (non-hydrogen) atoms. The smallest absolute Gasteiger partial charge is 0.0912 e. The van der Waals surface area contributed by atoms with Gasteiger partial charge in [-0.3, -0.25) is 0 Å². The number of nitriles is 1. The maximum absolute atomic E-state index is 8.53. The molecule has 0 aliphatic carbocycles. The van der Waals surface area contributed by atoms with Gasteiger partial charge in [0.05, 0.1) is 6.07 Å². The normalized spacial score (nSPS) is 11.2. The monoisotopic (exact) mass is 218 g/mol. The number of hydrogen-bond acceptors (Lipinski definition) is 1. The minimum Gasteiger partial charge on any atom is -0.355 e. The molecule has 0 unspecified atom stereocenters. The summed E-state index contributed by atoms with van der Waals surface area (Å²) in [6, 6.07) is 16.4. The first kappa shape index (κ1) is 9.68. The summed E-state index contributed by atoms with van der Waals surface area (Å²) in [6.45, 7) is 0. The molecule has 3 aromatic rings. The molecule has 0 fully saturated rings. The summed E-state index contributed by atoms with van der Waals surface area (Å²) in [6.07, 6.45) is 3.32. The van der Waals surface area contributed by atoms with Crippen molar-refractivity contribution >= 4 is 27.9 Å². The summed E-state index contributed by atoms with van der Waals surface area (Å²) < 4.78 is 0. The van der Waals surface area contributed by atoms with E-state index in [1.807, 2.05) is 36.4 Å². The third-order valence-electron chi connectivity index (χ3n) is 2.88. The number of aromatic amines is 1. The van der Waals surface area contributed by atoms with E-state index in [4.69, 9.17) is 5.26 Å². The van der Waals surface area contributed by atoms with Crippen LogP contribution in [0.5, 0.6) is 0 Å². The highest BCUT2D eigenvalue weighted by atomic mass is 14.7. The zero-order valence-corrected chi connectivity index (χ0v) is 9.14. The summed E-state index contributed by atoms with van der Waals surface area (Å²) in [4.78, 5) is 3.37. The molecule has 1 heterocycles. The lowest BCUT2D eigenvalue weighted by molar-refractivity contribution is 1.53. The van der Waals surface area contributed by atoms with Crippen LogP contribution in [0.3, 0.4) is 0 Å². The van der Waals surface area contributed by atoms with Gasteiger partial charge >= 0.3 is 0 Å². The number of para-hydroxylation sites is 1. The van der Waals surface area contributed by atoms with Gasteiger partial charge in [-0.2, -0.15) is 5.26 Å². The number of aromatic nitrogens is 1. The highest BCUT2D eigenvalue weighted by Gasteiger charge is 2.02. The predicted octanol–water partition coefficient (Wildman–Crippen LogP) is 3.86. The number of H-pyrrole nitrogens is 1. The van der Waals surface area contributed by atoms with Gasteiger partial charge in [0.2, 0.25) is 0 Å². The van der Waals surface area contributed by atoms with E-state index in [0.29, 0.717) is 0 Å². The molecule has 3 rings (SSSR count). The fraction of sp³-hybridized carbons (Fsp3) is 0. The van der Waals surface area contributed by atoms with Crippen molar-refractivity contribution in [2.75, 3.05) is 0 Å². The second kappa shape index (κ2) is 3.80. The number of benzene rings is 2. The van der Waals surface area contributed by atoms with Crippen LogP contribution in [0.1, 0.15) is 5.56 Å². The predicted molar refractivity (Wildman–Crippen MR) is 70.5 cm³/mol. The van der Waals surface area contributed by atoms with Crippen LogP contribution in [0.25, 0.3) is 27.9 Å². The van der Waals surface area contributed by atoms with Crippen LogP contribution in [0, 0.1) is 11.3 Å². The lowest BCUT2D eigenvalue weighted by atomic mass is 10.1. The van der Waals surface area contributed by atoms with Gasteiger partial charge in [0.25, 0.3) is 0 Å². The molecule has 2 aromatic carbocycles. The minimum absolute atomic E-state index is 1.05. The maximum Gasteiger partial charge on any atom is 0.0912 e. The molecule has 0 aliphatic heterocycles. The van der Waals surface area contributed by atoms with Gasteiger partial charge < -0.3 is 4.98 Å². The molecule has 0 aliphatic rings. The van der Waals surface area contributed by atoms with Gasteiger partial charge in [0, 0.05) is 27.9 Å². The molecule has 0 bridgehead atoms. The third kappa shape index (κ3) is 1.58. The molecule has 1 aromatic heterocycles. The molecular formula is C15H10N2. The molecule has 0 amide bonds. The highest BCUT2D eigenvalue weighted by molar-refractivity contribution is 6.07. The fourth-order valence-electron chi connectivity index (χ4n) is 2.10. The van der Waals surface area contributed by atoms with Crippen LogP contribution in [0.2, 0.25) is 0 Å². The fourth-order valence-corrected chi connectivity index (χ4v) is 2.10. The van der Waals surface area contributed by atoms with Gasteiger partial charge in [0.1, 0.15) is 0 Å².